The van der Waals surface area contributed by atoms with Gasteiger partial charge in [0.05, 0.1) is 12.9 Å². The first-order chi connectivity index (χ1) is 17.3. The van der Waals surface area contributed by atoms with Crippen molar-refractivity contribution in [2.24, 2.45) is 0 Å². The molecular formula is C26H25F2N5O3. The van der Waals surface area contributed by atoms with E-state index in [0.717, 1.165) is 18.4 Å². The van der Waals surface area contributed by atoms with Crippen LogP contribution in [0.5, 0.6) is 0 Å². The van der Waals surface area contributed by atoms with Gasteiger partial charge in [-0.2, -0.15) is 0 Å². The second-order valence-corrected chi connectivity index (χ2v) is 9.37. The van der Waals surface area contributed by atoms with Gasteiger partial charge in [0.15, 0.2) is 5.69 Å². The molecule has 186 valence electrons. The number of benzene rings is 2. The van der Waals surface area contributed by atoms with Crippen LogP contribution >= 0.6 is 0 Å². The van der Waals surface area contributed by atoms with E-state index in [1.165, 1.54) is 30.6 Å². The second kappa shape index (κ2) is 9.18. The van der Waals surface area contributed by atoms with Gasteiger partial charge < -0.3 is 20.1 Å². The number of rotatable bonds is 7. The SMILES string of the molecule is C[C@@]1(C(=O)NCc2ccc(F)cc2)Cn2cnc(C(=O)NCc3ccc(F)cc3)c2C(=O)N1C1CC1. The van der Waals surface area contributed by atoms with Crippen molar-refractivity contribution < 1.29 is 23.2 Å². The van der Waals surface area contributed by atoms with Crippen molar-refractivity contribution in [3.63, 3.8) is 0 Å². The number of hydrogen-bond acceptors (Lipinski definition) is 4. The number of fused-ring (bicyclic) bond motifs is 1. The van der Waals surface area contributed by atoms with Crippen molar-refractivity contribution in [3.8, 4) is 0 Å². The lowest BCUT2D eigenvalue weighted by atomic mass is 9.93. The lowest BCUT2D eigenvalue weighted by molar-refractivity contribution is -0.133. The van der Waals surface area contributed by atoms with Crippen LogP contribution < -0.4 is 10.6 Å². The van der Waals surface area contributed by atoms with Gasteiger partial charge in [-0.1, -0.05) is 24.3 Å². The van der Waals surface area contributed by atoms with E-state index in [0.29, 0.717) is 5.56 Å². The van der Waals surface area contributed by atoms with Crippen LogP contribution in [-0.2, 0) is 24.4 Å². The maximum atomic E-state index is 13.6. The fraction of sp³-hybridized carbons (Fsp3) is 0.308. The molecule has 2 aliphatic rings. The molecule has 1 saturated carbocycles. The van der Waals surface area contributed by atoms with E-state index in [1.807, 2.05) is 0 Å². The van der Waals surface area contributed by atoms with Crippen molar-refractivity contribution >= 4 is 17.7 Å². The fourth-order valence-electron chi connectivity index (χ4n) is 4.56. The average molecular weight is 494 g/mol. The van der Waals surface area contributed by atoms with E-state index in [9.17, 15) is 23.2 Å². The molecule has 0 radical (unpaired) electrons. The molecule has 0 unspecified atom stereocenters. The zero-order chi connectivity index (χ0) is 25.4. The maximum absolute atomic E-state index is 13.6. The minimum atomic E-state index is -1.19. The normalized spacial score (nSPS) is 19.1. The Morgan fingerprint density at radius 2 is 1.53 bits per heavy atom. The minimum absolute atomic E-state index is 0.0125. The molecule has 2 aromatic carbocycles. The number of carbonyl (C=O) groups excluding carboxylic acids is 3. The number of imidazole rings is 1. The molecule has 0 spiro atoms. The summed E-state index contributed by atoms with van der Waals surface area (Å²) in [5, 5.41) is 5.59. The third kappa shape index (κ3) is 4.46. The first-order valence-electron chi connectivity index (χ1n) is 11.7. The Balaban J connectivity index is 1.35. The number of nitrogens with zero attached hydrogens (tertiary/aromatic N) is 3. The molecule has 36 heavy (non-hydrogen) atoms. The van der Waals surface area contributed by atoms with Crippen molar-refractivity contribution in [1.82, 2.24) is 25.1 Å². The number of aromatic nitrogens is 2. The van der Waals surface area contributed by atoms with Crippen LogP contribution in [0.15, 0.2) is 54.9 Å². The van der Waals surface area contributed by atoms with Crippen LogP contribution in [0.25, 0.3) is 0 Å². The van der Waals surface area contributed by atoms with Gasteiger partial charge in [0.1, 0.15) is 22.9 Å². The fourth-order valence-corrected chi connectivity index (χ4v) is 4.56. The Bertz CT molecular complexity index is 1320. The molecule has 0 bridgehead atoms. The molecular weight excluding hydrogens is 468 g/mol. The Kier molecular flexibility index (Phi) is 6.03. The van der Waals surface area contributed by atoms with Crippen LogP contribution in [0.2, 0.25) is 0 Å². The van der Waals surface area contributed by atoms with Crippen molar-refractivity contribution in [2.45, 2.75) is 51.0 Å². The lowest BCUT2D eigenvalue weighted by Crippen LogP contribution is -2.64. The average Bonchev–Trinajstić information content (AvgIpc) is 3.60. The van der Waals surface area contributed by atoms with Crippen LogP contribution in [0.3, 0.4) is 0 Å². The second-order valence-electron chi connectivity index (χ2n) is 9.37. The van der Waals surface area contributed by atoms with E-state index < -0.39 is 17.4 Å². The quantitative estimate of drug-likeness (QED) is 0.529. The molecule has 0 saturated heterocycles. The lowest BCUT2D eigenvalue weighted by Gasteiger charge is -2.44. The Morgan fingerprint density at radius 1 is 0.972 bits per heavy atom. The Labute approximate surface area is 206 Å². The number of nitrogens with one attached hydrogen (secondary N) is 2. The summed E-state index contributed by atoms with van der Waals surface area (Å²) in [6.07, 6.45) is 2.94. The third-order valence-electron chi connectivity index (χ3n) is 6.62. The molecule has 1 aliphatic heterocycles. The zero-order valence-electron chi connectivity index (χ0n) is 19.6. The standard InChI is InChI=1S/C26H25F2N5O3/c1-26(25(36)30-13-17-4-8-19(28)9-5-17)14-32-15-31-21(22(32)24(35)33(26)20-10-11-20)23(34)29-12-16-2-6-18(27)7-3-16/h2-9,15,20H,10-14H2,1H3,(H,29,34)(H,30,36)/t26-/m0/s1. The molecule has 1 aliphatic carbocycles. The highest BCUT2D eigenvalue weighted by Crippen LogP contribution is 2.38. The van der Waals surface area contributed by atoms with E-state index in [2.05, 4.69) is 15.6 Å². The number of halogens is 2. The summed E-state index contributed by atoms with van der Waals surface area (Å²) < 4.78 is 27.9. The summed E-state index contributed by atoms with van der Waals surface area (Å²) in [7, 11) is 0. The van der Waals surface area contributed by atoms with Gasteiger partial charge in [-0.05, 0) is 55.2 Å². The van der Waals surface area contributed by atoms with Gasteiger partial charge in [0, 0.05) is 19.1 Å². The van der Waals surface area contributed by atoms with E-state index in [4.69, 9.17) is 0 Å². The number of amides is 3. The smallest absolute Gasteiger partial charge is 0.274 e. The van der Waals surface area contributed by atoms with Gasteiger partial charge in [-0.25, -0.2) is 13.8 Å². The molecule has 2 heterocycles. The predicted octanol–water partition coefficient (Wildman–Crippen LogP) is 2.78. The summed E-state index contributed by atoms with van der Waals surface area (Å²) in [6, 6.07) is 11.5. The van der Waals surface area contributed by atoms with E-state index in [1.54, 1.807) is 40.7 Å². The zero-order valence-corrected chi connectivity index (χ0v) is 19.6. The molecule has 10 heteroatoms. The monoisotopic (exact) mass is 493 g/mol. The van der Waals surface area contributed by atoms with Crippen LogP contribution in [-0.4, -0.2) is 43.8 Å². The molecule has 1 fully saturated rings. The highest BCUT2D eigenvalue weighted by atomic mass is 19.1. The molecule has 3 amide bonds. The van der Waals surface area contributed by atoms with Crippen LogP contribution in [0.1, 0.15) is 51.9 Å². The molecule has 8 nitrogen and oxygen atoms in total. The molecule has 2 N–H and O–H groups in total. The van der Waals surface area contributed by atoms with Crippen molar-refractivity contribution in [1.29, 1.82) is 0 Å². The third-order valence-corrected chi connectivity index (χ3v) is 6.62. The van der Waals surface area contributed by atoms with E-state index >= 15 is 0 Å². The summed E-state index contributed by atoms with van der Waals surface area (Å²) >= 11 is 0. The largest absolute Gasteiger partial charge is 0.350 e. The summed E-state index contributed by atoms with van der Waals surface area (Å²) in [5.74, 6) is -2.02. The Hall–Kier alpha value is -4.08. The first kappa shape index (κ1) is 23.7. The van der Waals surface area contributed by atoms with Crippen molar-refractivity contribution in [2.75, 3.05) is 0 Å². The molecule has 1 aromatic heterocycles. The molecule has 5 rings (SSSR count). The molecule has 3 aromatic rings. The summed E-state index contributed by atoms with van der Waals surface area (Å²) in [5.41, 5.74) is 0.378. The van der Waals surface area contributed by atoms with E-state index in [-0.39, 0.29) is 54.6 Å². The number of carbonyl (C=O) groups is 3. The predicted molar refractivity (Wildman–Crippen MR) is 126 cm³/mol. The first-order valence-corrected chi connectivity index (χ1v) is 11.7. The van der Waals surface area contributed by atoms with Gasteiger partial charge in [0.25, 0.3) is 11.8 Å². The van der Waals surface area contributed by atoms with Gasteiger partial charge >= 0.3 is 0 Å². The minimum Gasteiger partial charge on any atom is -0.350 e. The highest BCUT2D eigenvalue weighted by molar-refractivity contribution is 6.07. The van der Waals surface area contributed by atoms with Crippen molar-refractivity contribution in [3.05, 3.63) is 89.0 Å². The van der Waals surface area contributed by atoms with Gasteiger partial charge in [-0.3, -0.25) is 14.4 Å². The highest BCUT2D eigenvalue weighted by Gasteiger charge is 2.53. The van der Waals surface area contributed by atoms with Crippen LogP contribution in [0, 0.1) is 11.6 Å². The Morgan fingerprint density at radius 3 is 2.08 bits per heavy atom. The van der Waals surface area contributed by atoms with Crippen LogP contribution in [0.4, 0.5) is 8.78 Å². The summed E-state index contributed by atoms with van der Waals surface area (Å²) in [4.78, 5) is 45.7. The van der Waals surface area contributed by atoms with Gasteiger partial charge in [0.2, 0.25) is 5.91 Å². The topological polar surface area (TPSA) is 96.3 Å². The maximum Gasteiger partial charge on any atom is 0.274 e. The van der Waals surface area contributed by atoms with Gasteiger partial charge in [-0.15, -0.1) is 0 Å². The molecule has 1 atom stereocenters. The summed E-state index contributed by atoms with van der Waals surface area (Å²) in [6.45, 7) is 2.18. The number of hydrogen-bond donors (Lipinski definition) is 2.